The lowest BCUT2D eigenvalue weighted by molar-refractivity contribution is -0.350. The van der Waals surface area contributed by atoms with Crippen LogP contribution < -0.4 is 4.74 Å². The van der Waals surface area contributed by atoms with E-state index in [0.29, 0.717) is 22.3 Å². The molecule has 1 N–H and O–H groups in total. The average Bonchev–Trinajstić information content (AvgIpc) is 2.51. The molecule has 0 saturated carbocycles. The second-order valence-electron chi connectivity index (χ2n) is 4.73. The van der Waals surface area contributed by atoms with Crippen molar-refractivity contribution in [1.82, 2.24) is 0 Å². The van der Waals surface area contributed by atoms with Crippen molar-refractivity contribution in [2.45, 2.75) is 4.90 Å². The van der Waals surface area contributed by atoms with Crippen molar-refractivity contribution in [3.8, 4) is 11.5 Å². The lowest BCUT2D eigenvalue weighted by atomic mass is 10.0. The molecular weight excluding hydrogens is 304 g/mol. The highest BCUT2D eigenvalue weighted by molar-refractivity contribution is 7.85. The van der Waals surface area contributed by atoms with Crippen LogP contribution in [0.25, 0.3) is 21.5 Å². The number of ether oxygens (including phenoxy) is 1. The van der Waals surface area contributed by atoms with Gasteiger partial charge in [-0.2, -0.15) is 8.42 Å². The Hall–Kier alpha value is -2.44. The van der Waals surface area contributed by atoms with Gasteiger partial charge in [0, 0.05) is 10.8 Å². The van der Waals surface area contributed by atoms with E-state index in [1.807, 2.05) is 24.3 Å². The first-order valence-corrected chi connectivity index (χ1v) is 7.83. The number of carbonyl (C=O) groups excluding carboxylic acids is 1. The van der Waals surface area contributed by atoms with Crippen molar-refractivity contribution < 1.29 is 22.1 Å². The topological polar surface area (TPSA) is 74.9 Å². The van der Waals surface area contributed by atoms with E-state index in [2.05, 4.69) is 6.79 Å². The van der Waals surface area contributed by atoms with Gasteiger partial charge in [0.25, 0.3) is 16.9 Å². The molecule has 0 spiro atoms. The van der Waals surface area contributed by atoms with E-state index in [4.69, 9.17) is 9.16 Å². The number of hydrogen-bond acceptors (Lipinski definition) is 3. The summed E-state index contributed by atoms with van der Waals surface area (Å²) in [5, 5.41) is 2.75. The second kappa shape index (κ2) is 5.08. The van der Waals surface area contributed by atoms with Crippen molar-refractivity contribution in [3.05, 3.63) is 42.5 Å². The molecule has 3 rings (SSSR count). The van der Waals surface area contributed by atoms with Crippen molar-refractivity contribution in [2.24, 2.45) is 0 Å². The summed E-state index contributed by atoms with van der Waals surface area (Å²) in [6, 6.07) is 11.7. The van der Waals surface area contributed by atoms with E-state index in [1.165, 1.54) is 19.2 Å². The number of methoxy groups -OCH3 is 1. The Labute approximate surface area is 127 Å². The van der Waals surface area contributed by atoms with Gasteiger partial charge in [-0.05, 0) is 24.3 Å². The number of rotatable bonds is 3. The smallest absolute Gasteiger partial charge is 0.367 e. The van der Waals surface area contributed by atoms with Crippen LogP contribution in [0.4, 0.5) is 0 Å². The van der Waals surface area contributed by atoms with E-state index in [-0.39, 0.29) is 4.90 Å². The molecule has 0 amide bonds. The summed E-state index contributed by atoms with van der Waals surface area (Å²) in [4.78, 5) is -0.205. The zero-order valence-electron chi connectivity index (χ0n) is 11.7. The quantitative estimate of drug-likeness (QED) is 0.457. The molecule has 0 aromatic heterocycles. The highest BCUT2D eigenvalue weighted by atomic mass is 32.2. The van der Waals surface area contributed by atoms with Crippen LogP contribution >= 0.6 is 0 Å². The van der Waals surface area contributed by atoms with Gasteiger partial charge in [-0.15, -0.1) is 0 Å². The van der Waals surface area contributed by atoms with Crippen LogP contribution in [0, 0.1) is 0 Å². The van der Waals surface area contributed by atoms with Crippen LogP contribution in [0.15, 0.2) is 47.4 Å². The summed E-state index contributed by atoms with van der Waals surface area (Å²) >= 11 is 0. The molecule has 0 unspecified atom stereocenters. The van der Waals surface area contributed by atoms with E-state index in [1.54, 1.807) is 6.07 Å². The highest BCUT2D eigenvalue weighted by Gasteiger charge is 2.22. The molecule has 22 heavy (non-hydrogen) atoms. The fourth-order valence-corrected chi connectivity index (χ4v) is 3.12. The Kier molecular flexibility index (Phi) is 3.35. The van der Waals surface area contributed by atoms with Gasteiger partial charge < -0.3 is 4.74 Å². The van der Waals surface area contributed by atoms with Crippen LogP contribution in [0.5, 0.6) is 11.5 Å². The third-order valence-electron chi connectivity index (χ3n) is 3.54. The predicted octanol–water partition coefficient (Wildman–Crippen LogP) is 3.33. The molecule has 0 bridgehead atoms. The molecule has 0 aliphatic rings. The van der Waals surface area contributed by atoms with E-state index in [0.717, 1.165) is 10.8 Å². The van der Waals surface area contributed by atoms with Crippen molar-refractivity contribution in [1.29, 1.82) is 0 Å². The summed E-state index contributed by atoms with van der Waals surface area (Å²) in [5.41, 5.74) is 0. The molecule has 112 valence electrons. The molecule has 6 heteroatoms. The van der Waals surface area contributed by atoms with Crippen LogP contribution in [0.3, 0.4) is 0 Å². The van der Waals surface area contributed by atoms with Gasteiger partial charge in [0.15, 0.2) is 0 Å². The molecule has 3 aromatic carbocycles. The Morgan fingerprint density at radius 3 is 2.27 bits per heavy atom. The first-order chi connectivity index (χ1) is 10.5. The van der Waals surface area contributed by atoms with Crippen LogP contribution in [0.2, 0.25) is 0 Å². The minimum Gasteiger partial charge on any atom is -0.495 e. The SMILES string of the molecule is C=[O+]c1c2ccccc2c(OC)c2cc(S(=O)(=O)O)ccc12. The van der Waals surface area contributed by atoms with Crippen LogP contribution in [-0.4, -0.2) is 26.9 Å². The molecule has 3 aromatic rings. The summed E-state index contributed by atoms with van der Waals surface area (Å²) < 4.78 is 42.7. The van der Waals surface area contributed by atoms with Crippen molar-refractivity contribution >= 4 is 38.5 Å². The largest absolute Gasteiger partial charge is 0.495 e. The first kappa shape index (κ1) is 14.5. The van der Waals surface area contributed by atoms with Crippen LogP contribution in [-0.2, 0) is 14.5 Å². The average molecular weight is 317 g/mol. The van der Waals surface area contributed by atoms with Gasteiger partial charge in [-0.1, -0.05) is 18.2 Å². The predicted molar refractivity (Wildman–Crippen MR) is 84.4 cm³/mol. The van der Waals surface area contributed by atoms with Crippen LogP contribution in [0.1, 0.15) is 0 Å². The minimum atomic E-state index is -4.30. The Balaban J connectivity index is 2.58. The summed E-state index contributed by atoms with van der Waals surface area (Å²) in [7, 11) is -2.80. The fraction of sp³-hybridized carbons (Fsp3) is 0.0625. The zero-order valence-corrected chi connectivity index (χ0v) is 12.6. The molecule has 0 heterocycles. The summed E-state index contributed by atoms with van der Waals surface area (Å²) in [5.74, 6) is 1.03. The highest BCUT2D eigenvalue weighted by Crippen LogP contribution is 2.43. The monoisotopic (exact) mass is 317 g/mol. The molecule has 5 nitrogen and oxygen atoms in total. The first-order valence-electron chi connectivity index (χ1n) is 6.39. The Bertz CT molecular complexity index is 1010. The van der Waals surface area contributed by atoms with E-state index in [9.17, 15) is 13.0 Å². The van der Waals surface area contributed by atoms with E-state index >= 15 is 0 Å². The molecule has 0 saturated heterocycles. The lowest BCUT2D eigenvalue weighted by Crippen LogP contribution is -1.98. The van der Waals surface area contributed by atoms with Crippen molar-refractivity contribution in [2.75, 3.05) is 7.11 Å². The summed E-state index contributed by atoms with van der Waals surface area (Å²) in [6.07, 6.45) is 0. The standard InChI is InChI=1S/C16H12O5S/c1-20-15-11-5-3-4-6-12(11)16(21-2)14-9-10(22(17,18)19)7-8-13(14)15/h3-9H,1H2,2H3/p+1. The van der Waals surface area contributed by atoms with Gasteiger partial charge in [0.1, 0.15) is 5.75 Å². The molecule has 0 aliphatic carbocycles. The fourth-order valence-electron chi connectivity index (χ4n) is 2.61. The maximum absolute atomic E-state index is 11.4. The van der Waals surface area contributed by atoms with E-state index < -0.39 is 10.1 Å². The maximum Gasteiger partial charge on any atom is 0.367 e. The molecule has 0 fully saturated rings. The van der Waals surface area contributed by atoms with Gasteiger partial charge in [0.2, 0.25) is 0 Å². The Morgan fingerprint density at radius 1 is 1.05 bits per heavy atom. The summed E-state index contributed by atoms with van der Waals surface area (Å²) in [6.45, 7) is 3.47. The number of hydrogen-bond donors (Lipinski definition) is 1. The molecule has 0 aliphatic heterocycles. The maximum atomic E-state index is 11.4. The third kappa shape index (κ3) is 2.13. The Morgan fingerprint density at radius 2 is 1.68 bits per heavy atom. The number of benzene rings is 3. The molecule has 0 atom stereocenters. The minimum absolute atomic E-state index is 0.205. The normalized spacial score (nSPS) is 11.7. The number of fused-ring (bicyclic) bond motifs is 2. The molecular formula is C16H13O5S+. The van der Waals surface area contributed by atoms with Gasteiger partial charge >= 0.3 is 5.75 Å². The van der Waals surface area contributed by atoms with Crippen molar-refractivity contribution in [3.63, 3.8) is 0 Å². The van der Waals surface area contributed by atoms with Gasteiger partial charge in [-0.25, -0.2) is 4.42 Å². The van der Waals surface area contributed by atoms with Gasteiger partial charge in [-0.3, -0.25) is 4.55 Å². The second-order valence-corrected chi connectivity index (χ2v) is 6.16. The molecule has 0 radical (unpaired) electrons. The zero-order chi connectivity index (χ0) is 15.9. The lowest BCUT2D eigenvalue weighted by Gasteiger charge is -2.10. The van der Waals surface area contributed by atoms with Gasteiger partial charge in [0.05, 0.1) is 22.8 Å². The third-order valence-corrected chi connectivity index (χ3v) is 4.39.